The Morgan fingerprint density at radius 3 is 1.18 bits per heavy atom. The molecule has 0 heterocycles. The molecule has 0 amide bonds. The van der Waals surface area contributed by atoms with Crippen LogP contribution in [-0.2, 0) is 7.58 Å². The van der Waals surface area contributed by atoms with Crippen LogP contribution in [0.4, 0.5) is 0 Å². The molecule has 34 heavy (non-hydrogen) atoms. The Labute approximate surface area is 232 Å². The molecule has 2 aliphatic rings. The number of allylic oxidation sites excluding steroid dienone is 4. The Balaban J connectivity index is 2.58. The van der Waals surface area contributed by atoms with Gasteiger partial charge < -0.3 is 7.58 Å². The Bertz CT molecular complexity index is 826. The van der Waals surface area contributed by atoms with Crippen molar-refractivity contribution in [2.45, 2.75) is 113 Å². The predicted octanol–water partition coefficient (Wildman–Crippen LogP) is 10.0. The second-order valence-corrected chi connectivity index (χ2v) is 17.6. The first-order valence-corrected chi connectivity index (χ1v) is 16.3. The Kier molecular flexibility index (Phi) is 8.93. The van der Waals surface area contributed by atoms with Gasteiger partial charge in [-0.1, -0.05) is 133 Å². The molecule has 0 aliphatic heterocycles. The van der Waals surface area contributed by atoms with Gasteiger partial charge in [0.15, 0.2) is 0 Å². The summed E-state index contributed by atoms with van der Waals surface area (Å²) in [6.07, 6.45) is 10.8. The normalized spacial score (nSPS) is 27.0. The second-order valence-electron chi connectivity index (χ2n) is 14.2. The summed E-state index contributed by atoms with van der Waals surface area (Å²) in [5.74, 6) is 2.22. The van der Waals surface area contributed by atoms with Crippen molar-refractivity contribution in [2.24, 2.45) is 21.7 Å². The van der Waals surface area contributed by atoms with Crippen molar-refractivity contribution >= 4 is 46.7 Å². The van der Waals surface area contributed by atoms with E-state index in [-0.39, 0.29) is 21.7 Å². The van der Waals surface area contributed by atoms with E-state index >= 15 is 0 Å². The lowest BCUT2D eigenvalue weighted by atomic mass is 9.62. The fourth-order valence-electron chi connectivity index (χ4n) is 5.56. The van der Waals surface area contributed by atoms with Gasteiger partial charge in [-0.05, 0) is 57.8 Å². The van der Waals surface area contributed by atoms with Crippen LogP contribution in [0.5, 0.6) is 0 Å². The molecule has 0 saturated heterocycles. The van der Waals surface area contributed by atoms with Gasteiger partial charge in [-0.25, -0.2) is 0 Å². The maximum atomic E-state index is 7.26. The molecular formula is C29H47AlBr2O2. The maximum Gasteiger partial charge on any atom is 0.672 e. The molecule has 192 valence electrons. The molecule has 5 heteroatoms. The smallest absolute Gasteiger partial charge is 0.470 e. The summed E-state index contributed by atoms with van der Waals surface area (Å²) < 4.78 is 16.8. The van der Waals surface area contributed by atoms with E-state index in [1.165, 1.54) is 11.1 Å². The predicted molar refractivity (Wildman–Crippen MR) is 156 cm³/mol. The van der Waals surface area contributed by atoms with Gasteiger partial charge in [-0.15, -0.1) is 0 Å². The minimum atomic E-state index is -2.11. The summed E-state index contributed by atoms with van der Waals surface area (Å²) >= 11 is 5.38. The molecule has 0 N–H and O–H groups in total. The fourth-order valence-corrected chi connectivity index (χ4v) is 8.68. The number of rotatable bonds is 4. The molecule has 0 aromatic heterocycles. The first kappa shape index (κ1) is 30.6. The van der Waals surface area contributed by atoms with E-state index in [9.17, 15) is 0 Å². The second kappa shape index (κ2) is 9.92. The fraction of sp³-hybridized carbons (Fsp3) is 0.724. The van der Waals surface area contributed by atoms with Crippen LogP contribution in [0.3, 0.4) is 0 Å². The van der Waals surface area contributed by atoms with Crippen LogP contribution >= 0.6 is 31.9 Å². The van der Waals surface area contributed by atoms with Gasteiger partial charge in [0, 0.05) is 8.96 Å². The summed E-state index contributed by atoms with van der Waals surface area (Å²) in [6, 6.07) is 0. The quantitative estimate of drug-likeness (QED) is 0.294. The van der Waals surface area contributed by atoms with Crippen molar-refractivity contribution in [1.29, 1.82) is 0 Å². The lowest BCUT2D eigenvalue weighted by molar-refractivity contribution is -0.0761. The molecule has 2 aliphatic carbocycles. The number of hydrogen-bond donors (Lipinski definition) is 0. The van der Waals surface area contributed by atoms with Crippen LogP contribution in [0.25, 0.3) is 0 Å². The van der Waals surface area contributed by atoms with Gasteiger partial charge in [0.25, 0.3) is 0 Å². The zero-order valence-corrected chi connectivity index (χ0v) is 28.2. The zero-order valence-electron chi connectivity index (χ0n) is 23.9. The van der Waals surface area contributed by atoms with Crippen molar-refractivity contribution < 1.29 is 7.58 Å². The summed E-state index contributed by atoms with van der Waals surface area (Å²) in [4.78, 5) is 0. The molecule has 0 fully saturated rings. The standard InChI is InChI=1S/2C14H22BrO.CH3.Al/c2*1-12(2,3)11-9-10(15)7-8-14(11,16)13(4,5)6;;/h2*7,9H,8H2,1-6H3;1H3;/q2*-1;;+2. The van der Waals surface area contributed by atoms with Gasteiger partial charge in [0.2, 0.25) is 0 Å². The molecule has 2 rings (SSSR count). The third kappa shape index (κ3) is 6.08. The van der Waals surface area contributed by atoms with E-state index in [0.29, 0.717) is 0 Å². The van der Waals surface area contributed by atoms with Crippen LogP contribution in [0.2, 0.25) is 5.79 Å². The molecule has 0 spiro atoms. The van der Waals surface area contributed by atoms with Crippen molar-refractivity contribution in [3.63, 3.8) is 0 Å². The highest BCUT2D eigenvalue weighted by Crippen LogP contribution is 2.55. The largest absolute Gasteiger partial charge is 0.672 e. The molecule has 0 bridgehead atoms. The van der Waals surface area contributed by atoms with E-state index < -0.39 is 26.0 Å². The van der Waals surface area contributed by atoms with Gasteiger partial charge in [-0.3, -0.25) is 0 Å². The van der Waals surface area contributed by atoms with Crippen molar-refractivity contribution in [3.05, 3.63) is 44.4 Å². The topological polar surface area (TPSA) is 18.5 Å². The first-order chi connectivity index (χ1) is 15.1. The number of hydrogen-bond acceptors (Lipinski definition) is 2. The average Bonchev–Trinajstić information content (AvgIpc) is 2.61. The molecule has 0 aromatic rings. The van der Waals surface area contributed by atoms with Crippen molar-refractivity contribution in [3.8, 4) is 0 Å². The van der Waals surface area contributed by atoms with E-state index in [0.717, 1.165) is 21.8 Å². The first-order valence-electron chi connectivity index (χ1n) is 12.6. The SMILES string of the molecule is [CH3][Al]([O]C1(C(C)(C)C)CC=C(Br)C=C1C(C)(C)C)[O]C1(C(C)(C)C)CC=C(Br)C=C1C(C)(C)C. The Morgan fingerprint density at radius 2 is 0.941 bits per heavy atom. The molecule has 2 unspecified atom stereocenters. The molecule has 0 saturated carbocycles. The highest BCUT2D eigenvalue weighted by molar-refractivity contribution is 9.12. The third-order valence-corrected chi connectivity index (χ3v) is 9.95. The van der Waals surface area contributed by atoms with Crippen molar-refractivity contribution in [2.75, 3.05) is 0 Å². The van der Waals surface area contributed by atoms with E-state index in [4.69, 9.17) is 7.58 Å². The minimum absolute atomic E-state index is 0.0225. The molecule has 2 nitrogen and oxygen atoms in total. The van der Waals surface area contributed by atoms with Crippen LogP contribution in [0.15, 0.2) is 44.4 Å². The van der Waals surface area contributed by atoms with Gasteiger partial charge in [0.05, 0.1) is 11.2 Å². The Morgan fingerprint density at radius 1 is 0.647 bits per heavy atom. The average molecular weight is 614 g/mol. The van der Waals surface area contributed by atoms with E-state index in [1.54, 1.807) is 0 Å². The third-order valence-electron chi connectivity index (χ3n) is 7.38. The minimum Gasteiger partial charge on any atom is -0.470 e. The van der Waals surface area contributed by atoms with Gasteiger partial charge in [0.1, 0.15) is 0 Å². The van der Waals surface area contributed by atoms with Crippen LogP contribution in [0.1, 0.15) is 95.9 Å². The monoisotopic (exact) mass is 612 g/mol. The van der Waals surface area contributed by atoms with Gasteiger partial charge >= 0.3 is 14.8 Å². The highest BCUT2D eigenvalue weighted by atomic mass is 79.9. The summed E-state index contributed by atoms with van der Waals surface area (Å²) in [5.41, 5.74) is 1.63. The zero-order chi connectivity index (χ0) is 26.5. The van der Waals surface area contributed by atoms with Crippen molar-refractivity contribution in [1.82, 2.24) is 0 Å². The summed E-state index contributed by atoms with van der Waals surface area (Å²) in [6.45, 7) is 27.6. The summed E-state index contributed by atoms with van der Waals surface area (Å²) in [5, 5.41) is 0. The van der Waals surface area contributed by atoms with E-state index in [1.807, 2.05) is 0 Å². The van der Waals surface area contributed by atoms with Crippen LogP contribution < -0.4 is 0 Å². The highest BCUT2D eigenvalue weighted by Gasteiger charge is 2.55. The molecule has 2 atom stereocenters. The summed E-state index contributed by atoms with van der Waals surface area (Å²) in [7, 11) is 0. The molecular weight excluding hydrogens is 567 g/mol. The Hall–Kier alpha value is 0.372. The van der Waals surface area contributed by atoms with Crippen LogP contribution in [-0.4, -0.2) is 26.0 Å². The molecule has 0 radical (unpaired) electrons. The van der Waals surface area contributed by atoms with Crippen LogP contribution in [0, 0.1) is 21.7 Å². The lowest BCUT2D eigenvalue weighted by Gasteiger charge is -2.56. The van der Waals surface area contributed by atoms with Gasteiger partial charge in [-0.2, -0.15) is 0 Å². The lowest BCUT2D eigenvalue weighted by Crippen LogP contribution is -2.58. The number of halogens is 2. The maximum absolute atomic E-state index is 7.26. The van der Waals surface area contributed by atoms with E-state index in [2.05, 4.69) is 145 Å². The molecule has 0 aromatic carbocycles.